The van der Waals surface area contributed by atoms with E-state index in [0.29, 0.717) is 0 Å². The van der Waals surface area contributed by atoms with Crippen LogP contribution in [0.3, 0.4) is 0 Å². The second kappa shape index (κ2) is 7.33. The predicted octanol–water partition coefficient (Wildman–Crippen LogP) is 4.25. The van der Waals surface area contributed by atoms with Gasteiger partial charge >= 0.3 is 105 Å². The summed E-state index contributed by atoms with van der Waals surface area (Å²) >= 11 is -2.10. The van der Waals surface area contributed by atoms with Crippen LogP contribution in [0.15, 0.2) is 30.3 Å². The first kappa shape index (κ1) is 14.0. The Kier molecular flexibility index (Phi) is 6.44. The third-order valence-electron chi connectivity index (χ3n) is 2.86. The molecule has 0 atom stereocenters. The fraction of sp³-hybridized carbons (Fsp3) is 0.571. The first-order chi connectivity index (χ1) is 7.64. The molecule has 2 heteroatoms. The second-order valence-electron chi connectivity index (χ2n) is 4.95. The third kappa shape index (κ3) is 5.90. The first-order valence-electron chi connectivity index (χ1n) is 6.32. The normalized spacial score (nSPS) is 11.7. The van der Waals surface area contributed by atoms with E-state index in [1.54, 1.807) is 0 Å². The fourth-order valence-electron chi connectivity index (χ4n) is 1.76. The molecule has 0 saturated heterocycles. The summed E-state index contributed by atoms with van der Waals surface area (Å²) in [5.41, 5.74) is 1.39. The standard InChI is InChI=1S/C8H9O.C4H9.2CH3.Sn/c9-7-6-8-4-2-1-3-5-8;1-3-4-2;;;/h1-5H,6-7H2;1,3-4H2,2H3;2*1H3;/q-1;;;;+1. The Morgan fingerprint density at radius 1 is 1.12 bits per heavy atom. The van der Waals surface area contributed by atoms with Crippen LogP contribution < -0.4 is 0 Å². The van der Waals surface area contributed by atoms with Crippen LogP contribution in [0, 0.1) is 0 Å². The molecule has 1 aromatic carbocycles. The van der Waals surface area contributed by atoms with E-state index in [4.69, 9.17) is 3.07 Å². The molecule has 0 saturated carbocycles. The van der Waals surface area contributed by atoms with Gasteiger partial charge in [0.2, 0.25) is 0 Å². The van der Waals surface area contributed by atoms with Crippen molar-refractivity contribution in [1.29, 1.82) is 0 Å². The molecule has 0 heterocycles. The van der Waals surface area contributed by atoms with Gasteiger partial charge < -0.3 is 0 Å². The Bertz CT molecular complexity index is 282. The quantitative estimate of drug-likeness (QED) is 0.680. The van der Waals surface area contributed by atoms with Crippen LogP contribution in [0.25, 0.3) is 0 Å². The van der Waals surface area contributed by atoms with Crippen LogP contribution in [0.2, 0.25) is 14.3 Å². The van der Waals surface area contributed by atoms with Crippen molar-refractivity contribution in [3.8, 4) is 0 Å². The summed E-state index contributed by atoms with van der Waals surface area (Å²) in [6.45, 7) is 3.17. The van der Waals surface area contributed by atoms with E-state index in [1.165, 1.54) is 22.8 Å². The zero-order chi connectivity index (χ0) is 11.9. The van der Waals surface area contributed by atoms with Crippen molar-refractivity contribution in [2.75, 3.05) is 6.61 Å². The molecule has 0 N–H and O–H groups in total. The van der Waals surface area contributed by atoms with Gasteiger partial charge in [0.25, 0.3) is 0 Å². The van der Waals surface area contributed by atoms with Gasteiger partial charge in [0.15, 0.2) is 0 Å². The molecule has 0 aliphatic heterocycles. The summed E-state index contributed by atoms with van der Waals surface area (Å²) in [5.74, 6) is 0. The van der Waals surface area contributed by atoms with Crippen molar-refractivity contribution in [2.24, 2.45) is 0 Å². The van der Waals surface area contributed by atoms with E-state index >= 15 is 0 Å². The molecule has 16 heavy (non-hydrogen) atoms. The van der Waals surface area contributed by atoms with Gasteiger partial charge in [0.05, 0.1) is 0 Å². The summed E-state index contributed by atoms with van der Waals surface area (Å²) in [6.07, 6.45) is 3.70. The van der Waals surface area contributed by atoms with Gasteiger partial charge in [-0.1, -0.05) is 0 Å². The first-order valence-corrected chi connectivity index (χ1v) is 15.2. The third-order valence-corrected chi connectivity index (χ3v) is 10.1. The predicted molar refractivity (Wildman–Crippen MR) is 73.3 cm³/mol. The number of unbranched alkanes of at least 4 members (excludes halogenated alkanes) is 1. The van der Waals surface area contributed by atoms with Crippen molar-refractivity contribution in [1.82, 2.24) is 0 Å². The average molecular weight is 327 g/mol. The second-order valence-corrected chi connectivity index (χ2v) is 17.2. The van der Waals surface area contributed by atoms with E-state index in [1.807, 2.05) is 0 Å². The minimum absolute atomic E-state index is 0.913. The van der Waals surface area contributed by atoms with Crippen molar-refractivity contribution in [3.05, 3.63) is 35.9 Å². The Morgan fingerprint density at radius 2 is 1.81 bits per heavy atom. The van der Waals surface area contributed by atoms with Gasteiger partial charge in [-0.2, -0.15) is 0 Å². The van der Waals surface area contributed by atoms with Gasteiger partial charge in [0, 0.05) is 0 Å². The number of hydrogen-bond acceptors (Lipinski definition) is 1. The van der Waals surface area contributed by atoms with Gasteiger partial charge in [-0.15, -0.1) is 0 Å². The van der Waals surface area contributed by atoms with Crippen LogP contribution in [0.1, 0.15) is 25.3 Å². The van der Waals surface area contributed by atoms with E-state index in [9.17, 15) is 0 Å². The van der Waals surface area contributed by atoms with Gasteiger partial charge in [0.1, 0.15) is 0 Å². The maximum atomic E-state index is 6.15. The molecule has 0 unspecified atom stereocenters. The molecule has 0 radical (unpaired) electrons. The molecular weight excluding hydrogens is 303 g/mol. The number of hydrogen-bond donors (Lipinski definition) is 0. The Hall–Kier alpha value is -0.0213. The van der Waals surface area contributed by atoms with E-state index in [-0.39, 0.29) is 0 Å². The van der Waals surface area contributed by atoms with E-state index in [0.717, 1.165) is 13.0 Å². The van der Waals surface area contributed by atoms with Crippen molar-refractivity contribution in [2.45, 2.75) is 40.5 Å². The average Bonchev–Trinajstić information content (AvgIpc) is 2.28. The summed E-state index contributed by atoms with van der Waals surface area (Å²) in [5, 5.41) is 0. The van der Waals surface area contributed by atoms with Crippen molar-refractivity contribution in [3.63, 3.8) is 0 Å². The molecule has 0 spiro atoms. The number of rotatable bonds is 7. The van der Waals surface area contributed by atoms with Crippen molar-refractivity contribution >= 4 is 18.8 Å². The molecule has 90 valence electrons. The zero-order valence-electron chi connectivity index (χ0n) is 10.8. The monoisotopic (exact) mass is 328 g/mol. The van der Waals surface area contributed by atoms with Gasteiger partial charge in [-0.05, 0) is 0 Å². The Balaban J connectivity index is 2.24. The van der Waals surface area contributed by atoms with Crippen LogP contribution in [0.4, 0.5) is 0 Å². The van der Waals surface area contributed by atoms with E-state index in [2.05, 4.69) is 47.1 Å². The molecule has 0 aromatic heterocycles. The summed E-state index contributed by atoms with van der Waals surface area (Å²) in [6, 6.07) is 10.6. The topological polar surface area (TPSA) is 9.23 Å². The molecule has 0 amide bonds. The molecule has 1 nitrogen and oxygen atoms in total. The Morgan fingerprint density at radius 3 is 2.44 bits per heavy atom. The molecule has 1 aromatic rings. The Labute approximate surface area is 105 Å². The zero-order valence-corrected chi connectivity index (χ0v) is 13.7. The van der Waals surface area contributed by atoms with Crippen LogP contribution >= 0.6 is 0 Å². The van der Waals surface area contributed by atoms with Crippen molar-refractivity contribution < 1.29 is 3.07 Å². The van der Waals surface area contributed by atoms with Gasteiger partial charge in [-0.25, -0.2) is 0 Å². The minimum atomic E-state index is -2.10. The molecule has 0 aliphatic carbocycles. The number of benzene rings is 1. The SMILES string of the molecule is CCC[CH2][Sn]([CH3])([CH3])[O]CCc1ccccc1. The molecule has 0 bridgehead atoms. The summed E-state index contributed by atoms with van der Waals surface area (Å²) in [7, 11) is 0. The van der Waals surface area contributed by atoms with Crippen LogP contribution in [-0.4, -0.2) is 25.4 Å². The molecular formula is C14H24OSn. The molecule has 1 rings (SSSR count). The maximum absolute atomic E-state index is 6.15. The summed E-state index contributed by atoms with van der Waals surface area (Å²) < 4.78 is 7.51. The van der Waals surface area contributed by atoms with Gasteiger partial charge in [-0.3, -0.25) is 0 Å². The molecule has 0 aliphatic rings. The van der Waals surface area contributed by atoms with E-state index < -0.39 is 18.8 Å². The fourth-order valence-corrected chi connectivity index (χ4v) is 7.48. The summed E-state index contributed by atoms with van der Waals surface area (Å²) in [4.78, 5) is 4.80. The molecule has 0 fully saturated rings. The van der Waals surface area contributed by atoms with Crippen LogP contribution in [0.5, 0.6) is 0 Å². The van der Waals surface area contributed by atoms with Crippen LogP contribution in [-0.2, 0) is 9.49 Å².